The summed E-state index contributed by atoms with van der Waals surface area (Å²) in [6.07, 6.45) is 10.2. The highest BCUT2D eigenvalue weighted by Crippen LogP contribution is 2.43. The second-order valence-electron chi connectivity index (χ2n) is 7.09. The maximum Gasteiger partial charge on any atom is 0.253 e. The van der Waals surface area contributed by atoms with Gasteiger partial charge in [-0.25, -0.2) is 13.8 Å². The number of pyridine rings is 1. The van der Waals surface area contributed by atoms with Gasteiger partial charge in [0.25, 0.3) is 5.91 Å². The van der Waals surface area contributed by atoms with Crippen molar-refractivity contribution in [3.05, 3.63) is 82.0 Å². The maximum atomic E-state index is 16.0. The lowest BCUT2D eigenvalue weighted by Crippen LogP contribution is -2.34. The molecule has 2 heterocycles. The van der Waals surface area contributed by atoms with Crippen LogP contribution in [0.25, 0.3) is 11.4 Å². The number of alkyl halides is 1. The first-order chi connectivity index (χ1) is 16.3. The van der Waals surface area contributed by atoms with Crippen molar-refractivity contribution >= 4 is 40.4 Å². The van der Waals surface area contributed by atoms with Crippen LogP contribution < -0.4 is 5.32 Å². The summed E-state index contributed by atoms with van der Waals surface area (Å²) in [4.78, 5) is 18.3. The Kier molecular flexibility index (Phi) is 6.75. The molecule has 2 aromatic heterocycles. The average Bonchev–Trinajstić information content (AvgIpc) is 3.34. The van der Waals surface area contributed by atoms with Crippen LogP contribution in [0, 0.1) is 18.2 Å². The number of rotatable bonds is 6. The van der Waals surface area contributed by atoms with Gasteiger partial charge in [-0.1, -0.05) is 41.3 Å². The van der Waals surface area contributed by atoms with Crippen LogP contribution in [0.5, 0.6) is 0 Å². The minimum absolute atomic E-state index is 0.00850. The highest BCUT2D eigenvalue weighted by Gasteiger charge is 2.42. The van der Waals surface area contributed by atoms with Gasteiger partial charge in [-0.05, 0) is 29.8 Å². The molecule has 0 bridgehead atoms. The fourth-order valence-electron chi connectivity index (χ4n) is 3.31. The SMILES string of the molecule is C#CCOC1(F)CC(C(=O)Nc2cnc(-n3nccn3)c(Cl)c2)=C(Cl)C=C1c1ccc(F)cc1. The summed E-state index contributed by atoms with van der Waals surface area (Å²) < 4.78 is 34.6. The number of benzene rings is 1. The summed E-state index contributed by atoms with van der Waals surface area (Å²) in [5.41, 5.74) is 0.508. The normalized spacial score (nSPS) is 17.8. The highest BCUT2D eigenvalue weighted by atomic mass is 35.5. The lowest BCUT2D eigenvalue weighted by Gasteiger charge is -2.32. The van der Waals surface area contributed by atoms with E-state index in [1.165, 1.54) is 59.8 Å². The molecule has 0 spiro atoms. The molecule has 4 rings (SSSR count). The fourth-order valence-corrected chi connectivity index (χ4v) is 3.81. The monoisotopic (exact) mass is 501 g/mol. The van der Waals surface area contributed by atoms with Gasteiger partial charge in [-0.3, -0.25) is 4.79 Å². The Bertz CT molecular complexity index is 1330. The molecule has 1 aliphatic carbocycles. The first kappa shape index (κ1) is 23.6. The van der Waals surface area contributed by atoms with E-state index in [4.69, 9.17) is 34.4 Å². The van der Waals surface area contributed by atoms with E-state index in [9.17, 15) is 9.18 Å². The molecule has 0 aliphatic heterocycles. The van der Waals surface area contributed by atoms with Gasteiger partial charge < -0.3 is 10.1 Å². The van der Waals surface area contributed by atoms with Crippen LogP contribution >= 0.6 is 23.2 Å². The molecule has 0 fully saturated rings. The summed E-state index contributed by atoms with van der Waals surface area (Å²) in [7, 11) is 0. The summed E-state index contributed by atoms with van der Waals surface area (Å²) in [6, 6.07) is 6.56. The Balaban J connectivity index is 1.63. The summed E-state index contributed by atoms with van der Waals surface area (Å²) in [6.45, 7) is -0.357. The third-order valence-electron chi connectivity index (χ3n) is 4.87. The third-order valence-corrected chi connectivity index (χ3v) is 5.48. The summed E-state index contributed by atoms with van der Waals surface area (Å²) in [5, 5.41) is 10.7. The molecule has 0 radical (unpaired) electrons. The number of aromatic nitrogens is 4. The first-order valence-corrected chi connectivity index (χ1v) is 10.5. The van der Waals surface area contributed by atoms with Crippen molar-refractivity contribution in [2.24, 2.45) is 0 Å². The van der Waals surface area contributed by atoms with E-state index in [0.29, 0.717) is 5.56 Å². The van der Waals surface area contributed by atoms with Crippen LogP contribution in [0.1, 0.15) is 12.0 Å². The van der Waals surface area contributed by atoms with Crippen LogP contribution in [0.4, 0.5) is 14.5 Å². The van der Waals surface area contributed by atoms with Crippen LogP contribution in [0.3, 0.4) is 0 Å². The number of amides is 1. The van der Waals surface area contributed by atoms with Gasteiger partial charge in [-0.15, -0.1) is 11.2 Å². The number of allylic oxidation sites excluding steroid dienone is 2. The number of nitrogens with zero attached hydrogens (tertiary/aromatic N) is 4. The minimum atomic E-state index is -2.47. The molecule has 34 heavy (non-hydrogen) atoms. The van der Waals surface area contributed by atoms with Crippen molar-refractivity contribution in [3.8, 4) is 18.2 Å². The van der Waals surface area contributed by atoms with E-state index < -0.39 is 24.0 Å². The number of terminal acetylenes is 1. The summed E-state index contributed by atoms with van der Waals surface area (Å²) in [5.74, 6) is -1.18. The molecule has 0 saturated carbocycles. The zero-order chi connectivity index (χ0) is 24.3. The van der Waals surface area contributed by atoms with E-state index in [2.05, 4.69) is 26.4 Å². The standard InChI is InChI=1S/C23H15Cl2F2N5O2/c1-2-9-34-23(27)12-17(19(24)11-18(23)14-3-5-15(26)6-4-14)22(33)31-16-10-20(25)21(28-13-16)32-29-7-8-30-32/h1,3-8,10-11,13H,9,12H2,(H,31,33). The van der Waals surface area contributed by atoms with Crippen molar-refractivity contribution < 1.29 is 18.3 Å². The smallest absolute Gasteiger partial charge is 0.253 e. The molecule has 1 aliphatic rings. The van der Waals surface area contributed by atoms with Gasteiger partial charge in [0.1, 0.15) is 12.4 Å². The number of carbonyl (C=O) groups is 1. The van der Waals surface area contributed by atoms with Crippen LogP contribution in [-0.4, -0.2) is 38.3 Å². The van der Waals surface area contributed by atoms with E-state index >= 15 is 4.39 Å². The molecule has 172 valence electrons. The molecular weight excluding hydrogens is 487 g/mol. The molecule has 1 atom stereocenters. The molecule has 7 nitrogen and oxygen atoms in total. The Hall–Kier alpha value is -3.58. The second-order valence-corrected chi connectivity index (χ2v) is 7.91. The summed E-state index contributed by atoms with van der Waals surface area (Å²) >= 11 is 12.6. The predicted octanol–water partition coefficient (Wildman–Crippen LogP) is 4.69. The van der Waals surface area contributed by atoms with Crippen molar-refractivity contribution in [1.82, 2.24) is 20.0 Å². The number of carbonyl (C=O) groups excluding carboxylic acids is 1. The zero-order valence-electron chi connectivity index (χ0n) is 17.3. The quantitative estimate of drug-likeness (QED) is 0.495. The van der Waals surface area contributed by atoms with E-state index in [0.717, 1.165) is 0 Å². The molecule has 1 unspecified atom stereocenters. The number of ether oxygens (including phenoxy) is 1. The molecule has 3 aromatic rings. The molecule has 1 amide bonds. The number of nitrogens with one attached hydrogen (secondary N) is 1. The van der Waals surface area contributed by atoms with Crippen molar-refractivity contribution in [3.63, 3.8) is 0 Å². The zero-order valence-corrected chi connectivity index (χ0v) is 18.8. The molecule has 1 N–H and O–H groups in total. The molecule has 1 aromatic carbocycles. The molecular formula is C23H15Cl2F2N5O2. The fraction of sp³-hybridized carbons (Fsp3) is 0.130. The Morgan fingerprint density at radius 2 is 1.97 bits per heavy atom. The maximum absolute atomic E-state index is 16.0. The highest BCUT2D eigenvalue weighted by molar-refractivity contribution is 6.35. The topological polar surface area (TPSA) is 81.9 Å². The Morgan fingerprint density at radius 1 is 1.26 bits per heavy atom. The van der Waals surface area contributed by atoms with Gasteiger partial charge in [0.2, 0.25) is 5.85 Å². The van der Waals surface area contributed by atoms with Crippen LogP contribution in [-0.2, 0) is 9.53 Å². The van der Waals surface area contributed by atoms with Gasteiger partial charge in [0.05, 0.1) is 29.3 Å². The van der Waals surface area contributed by atoms with Crippen LogP contribution in [0.15, 0.2) is 65.6 Å². The molecule has 0 saturated heterocycles. The van der Waals surface area contributed by atoms with E-state index in [-0.39, 0.29) is 39.3 Å². The first-order valence-electron chi connectivity index (χ1n) is 9.77. The number of hydrogen-bond acceptors (Lipinski definition) is 5. The second kappa shape index (κ2) is 9.73. The lowest BCUT2D eigenvalue weighted by molar-refractivity contribution is -0.116. The Morgan fingerprint density at radius 3 is 2.62 bits per heavy atom. The van der Waals surface area contributed by atoms with Gasteiger partial charge in [-0.2, -0.15) is 10.2 Å². The van der Waals surface area contributed by atoms with Crippen molar-refractivity contribution in [2.75, 3.05) is 11.9 Å². The van der Waals surface area contributed by atoms with Crippen LogP contribution in [0.2, 0.25) is 5.02 Å². The predicted molar refractivity (Wildman–Crippen MR) is 123 cm³/mol. The van der Waals surface area contributed by atoms with Crippen molar-refractivity contribution in [1.29, 1.82) is 0 Å². The molecule has 11 heteroatoms. The van der Waals surface area contributed by atoms with Gasteiger partial charge >= 0.3 is 0 Å². The van der Waals surface area contributed by atoms with Gasteiger partial charge in [0, 0.05) is 22.6 Å². The van der Waals surface area contributed by atoms with Crippen molar-refractivity contribution in [2.45, 2.75) is 12.3 Å². The van der Waals surface area contributed by atoms with E-state index in [1.807, 2.05) is 0 Å². The minimum Gasteiger partial charge on any atom is -0.329 e. The lowest BCUT2D eigenvalue weighted by atomic mass is 9.88. The van der Waals surface area contributed by atoms with E-state index in [1.54, 1.807) is 0 Å². The third kappa shape index (κ3) is 4.84. The largest absolute Gasteiger partial charge is 0.329 e. The number of hydrogen-bond donors (Lipinski definition) is 1. The average molecular weight is 502 g/mol. The number of halogens is 4. The Labute approximate surface area is 203 Å². The number of anilines is 1. The van der Waals surface area contributed by atoms with Gasteiger partial charge in [0.15, 0.2) is 5.82 Å².